The van der Waals surface area contributed by atoms with Crippen LogP contribution in [0.4, 0.5) is 0 Å². The molecule has 2 amide bonds. The van der Waals surface area contributed by atoms with E-state index < -0.39 is 11.8 Å². The number of carbonyl (C=O) groups excluding carboxylic acids is 2. The van der Waals surface area contributed by atoms with Crippen molar-refractivity contribution in [3.05, 3.63) is 42.5 Å². The Bertz CT molecular complexity index is 524. The van der Waals surface area contributed by atoms with Gasteiger partial charge < -0.3 is 10.1 Å². The molecule has 6 nitrogen and oxygen atoms in total. The van der Waals surface area contributed by atoms with Gasteiger partial charge in [0.2, 0.25) is 0 Å². The topological polar surface area (TPSA) is 79.8 Å². The summed E-state index contributed by atoms with van der Waals surface area (Å²) in [6.45, 7) is 6.47. The number of nitrogens with one attached hydrogen (secondary N) is 2. The number of amides is 2. The highest BCUT2D eigenvalue weighted by atomic mass is 16.5. The largest absolute Gasteiger partial charge is 0.494 e. The molecule has 0 aromatic heterocycles. The summed E-state index contributed by atoms with van der Waals surface area (Å²) in [5.74, 6) is -0.784. The van der Waals surface area contributed by atoms with Crippen molar-refractivity contribution < 1.29 is 14.3 Å². The molecule has 1 rings (SSSR count). The van der Waals surface area contributed by atoms with Crippen LogP contribution in [0, 0.1) is 0 Å². The summed E-state index contributed by atoms with van der Waals surface area (Å²) in [5.41, 5.74) is 2.94. The number of hydrazone groups is 1. The zero-order valence-corrected chi connectivity index (χ0v) is 12.7. The molecule has 0 bridgehead atoms. The van der Waals surface area contributed by atoms with E-state index >= 15 is 0 Å². The lowest BCUT2D eigenvalue weighted by Gasteiger charge is -2.04. The van der Waals surface area contributed by atoms with Crippen LogP contribution >= 0.6 is 0 Å². The second kappa shape index (κ2) is 10.1. The van der Waals surface area contributed by atoms with Crippen molar-refractivity contribution in [2.75, 3.05) is 13.2 Å². The van der Waals surface area contributed by atoms with E-state index in [1.807, 2.05) is 24.3 Å². The van der Waals surface area contributed by atoms with Crippen molar-refractivity contribution in [3.8, 4) is 5.75 Å². The van der Waals surface area contributed by atoms with Crippen LogP contribution in [-0.4, -0.2) is 31.2 Å². The maximum atomic E-state index is 11.3. The van der Waals surface area contributed by atoms with Crippen molar-refractivity contribution in [3.63, 3.8) is 0 Å². The Balaban J connectivity index is 2.41. The molecule has 0 heterocycles. The highest BCUT2D eigenvalue weighted by Crippen LogP contribution is 2.11. The molecule has 0 saturated carbocycles. The molecule has 1 aromatic rings. The minimum Gasteiger partial charge on any atom is -0.494 e. The van der Waals surface area contributed by atoms with Gasteiger partial charge in [0.1, 0.15) is 5.75 Å². The zero-order chi connectivity index (χ0) is 16.2. The van der Waals surface area contributed by atoms with Crippen LogP contribution in [0.1, 0.15) is 25.3 Å². The van der Waals surface area contributed by atoms with Crippen molar-refractivity contribution in [2.24, 2.45) is 5.10 Å². The summed E-state index contributed by atoms with van der Waals surface area (Å²) >= 11 is 0. The lowest BCUT2D eigenvalue weighted by Crippen LogP contribution is -2.37. The van der Waals surface area contributed by atoms with Crippen LogP contribution in [0.15, 0.2) is 42.0 Å². The van der Waals surface area contributed by atoms with Crippen LogP contribution in [0.25, 0.3) is 0 Å². The van der Waals surface area contributed by atoms with Gasteiger partial charge in [-0.05, 0) is 36.2 Å². The van der Waals surface area contributed by atoms with E-state index in [0.29, 0.717) is 6.61 Å². The lowest BCUT2D eigenvalue weighted by molar-refractivity contribution is -0.139. The number of benzene rings is 1. The number of hydrogen-bond donors (Lipinski definition) is 2. The van der Waals surface area contributed by atoms with Gasteiger partial charge in [0.05, 0.1) is 12.8 Å². The van der Waals surface area contributed by atoms with E-state index in [-0.39, 0.29) is 6.54 Å². The molecule has 1 aromatic carbocycles. The number of nitrogens with zero attached hydrogens (tertiary/aromatic N) is 1. The monoisotopic (exact) mass is 303 g/mol. The third-order valence-electron chi connectivity index (χ3n) is 2.64. The van der Waals surface area contributed by atoms with E-state index in [9.17, 15) is 9.59 Å². The summed E-state index contributed by atoms with van der Waals surface area (Å²) in [7, 11) is 0. The predicted octanol–water partition coefficient (Wildman–Crippen LogP) is 1.62. The van der Waals surface area contributed by atoms with Crippen molar-refractivity contribution in [2.45, 2.75) is 19.8 Å². The number of carbonyl (C=O) groups is 2. The first kappa shape index (κ1) is 17.4. The first-order chi connectivity index (χ1) is 10.7. The van der Waals surface area contributed by atoms with E-state index in [1.54, 1.807) is 0 Å². The molecule has 0 fully saturated rings. The summed E-state index contributed by atoms with van der Waals surface area (Å²) in [6.07, 6.45) is 5.04. The Kier molecular flexibility index (Phi) is 8.04. The van der Waals surface area contributed by atoms with Gasteiger partial charge in [-0.25, -0.2) is 5.43 Å². The molecule has 6 heteroatoms. The molecule has 0 atom stereocenters. The maximum Gasteiger partial charge on any atom is 0.329 e. The van der Waals surface area contributed by atoms with Gasteiger partial charge in [-0.2, -0.15) is 5.10 Å². The Labute approximate surface area is 130 Å². The number of hydrogen-bond acceptors (Lipinski definition) is 4. The van der Waals surface area contributed by atoms with Crippen LogP contribution in [0.2, 0.25) is 0 Å². The molecular formula is C16H21N3O3. The Morgan fingerprint density at radius 1 is 1.27 bits per heavy atom. The molecule has 0 aliphatic carbocycles. The average Bonchev–Trinajstić information content (AvgIpc) is 2.54. The summed E-state index contributed by atoms with van der Waals surface area (Å²) in [5, 5.41) is 6.08. The quantitative estimate of drug-likeness (QED) is 0.252. The fourth-order valence-corrected chi connectivity index (χ4v) is 1.45. The van der Waals surface area contributed by atoms with Gasteiger partial charge in [0.15, 0.2) is 0 Å². The smallest absolute Gasteiger partial charge is 0.329 e. The third kappa shape index (κ3) is 6.69. The van der Waals surface area contributed by atoms with Gasteiger partial charge in [-0.15, -0.1) is 6.58 Å². The van der Waals surface area contributed by atoms with E-state index in [4.69, 9.17) is 4.74 Å². The second-order valence-corrected chi connectivity index (χ2v) is 4.47. The molecule has 0 radical (unpaired) electrons. The first-order valence-electron chi connectivity index (χ1n) is 7.12. The predicted molar refractivity (Wildman–Crippen MR) is 85.8 cm³/mol. The van der Waals surface area contributed by atoms with Gasteiger partial charge in [-0.3, -0.25) is 9.59 Å². The van der Waals surface area contributed by atoms with Crippen LogP contribution in [0.3, 0.4) is 0 Å². The fraction of sp³-hybridized carbons (Fsp3) is 0.312. The molecule has 0 spiro atoms. The lowest BCUT2D eigenvalue weighted by atomic mass is 10.2. The number of ether oxygens (including phenoxy) is 1. The van der Waals surface area contributed by atoms with Crippen molar-refractivity contribution >= 4 is 18.0 Å². The SMILES string of the molecule is C=CCNC(=O)C(=O)NN=Cc1ccc(OCCCC)cc1. The fourth-order valence-electron chi connectivity index (χ4n) is 1.45. The van der Waals surface area contributed by atoms with Gasteiger partial charge in [0.25, 0.3) is 0 Å². The van der Waals surface area contributed by atoms with E-state index in [1.165, 1.54) is 12.3 Å². The van der Waals surface area contributed by atoms with Gasteiger partial charge in [-0.1, -0.05) is 19.4 Å². The Morgan fingerprint density at radius 2 is 2.00 bits per heavy atom. The van der Waals surface area contributed by atoms with E-state index in [0.717, 1.165) is 24.2 Å². The third-order valence-corrected chi connectivity index (χ3v) is 2.64. The molecule has 0 saturated heterocycles. The minimum atomic E-state index is -0.822. The highest BCUT2D eigenvalue weighted by molar-refractivity contribution is 6.35. The molecule has 2 N–H and O–H groups in total. The molecule has 118 valence electrons. The highest BCUT2D eigenvalue weighted by Gasteiger charge is 2.10. The number of rotatable bonds is 8. The Morgan fingerprint density at radius 3 is 2.64 bits per heavy atom. The number of unbranched alkanes of at least 4 members (excludes halogenated alkanes) is 1. The van der Waals surface area contributed by atoms with Crippen molar-refractivity contribution in [1.82, 2.24) is 10.7 Å². The summed E-state index contributed by atoms with van der Waals surface area (Å²) in [6, 6.07) is 7.29. The van der Waals surface area contributed by atoms with Crippen molar-refractivity contribution in [1.29, 1.82) is 0 Å². The average molecular weight is 303 g/mol. The molecule has 0 aliphatic heterocycles. The second-order valence-electron chi connectivity index (χ2n) is 4.47. The summed E-state index contributed by atoms with van der Waals surface area (Å²) < 4.78 is 5.54. The van der Waals surface area contributed by atoms with Crippen LogP contribution in [0.5, 0.6) is 5.75 Å². The molecule has 0 unspecified atom stereocenters. The standard InChI is InChI=1S/C16H21N3O3/c1-3-5-11-22-14-8-6-13(7-9-14)12-18-19-16(21)15(20)17-10-4-2/h4,6-9,12H,2-3,5,10-11H2,1H3,(H,17,20)(H,19,21). The van der Waals surface area contributed by atoms with Gasteiger partial charge >= 0.3 is 11.8 Å². The zero-order valence-electron chi connectivity index (χ0n) is 12.7. The first-order valence-corrected chi connectivity index (χ1v) is 7.12. The minimum absolute atomic E-state index is 0.232. The molecule has 0 aliphatic rings. The van der Waals surface area contributed by atoms with Crippen LogP contribution < -0.4 is 15.5 Å². The summed E-state index contributed by atoms with van der Waals surface area (Å²) in [4.78, 5) is 22.6. The normalized spacial score (nSPS) is 10.2. The Hall–Kier alpha value is -2.63. The maximum absolute atomic E-state index is 11.3. The molecular weight excluding hydrogens is 282 g/mol. The van der Waals surface area contributed by atoms with Crippen LogP contribution in [-0.2, 0) is 9.59 Å². The van der Waals surface area contributed by atoms with E-state index in [2.05, 4.69) is 29.3 Å². The molecule has 22 heavy (non-hydrogen) atoms. The van der Waals surface area contributed by atoms with Gasteiger partial charge in [0, 0.05) is 6.54 Å².